The average molecular weight is 340 g/mol. The van der Waals surface area contributed by atoms with Crippen LogP contribution in [-0.4, -0.2) is 31.0 Å². The highest BCUT2D eigenvalue weighted by atomic mass is 19.1. The van der Waals surface area contributed by atoms with Gasteiger partial charge in [-0.25, -0.2) is 19.3 Å². The Morgan fingerprint density at radius 2 is 2.00 bits per heavy atom. The Bertz CT molecular complexity index is 836. The van der Waals surface area contributed by atoms with E-state index in [0.717, 1.165) is 30.9 Å². The smallest absolute Gasteiger partial charge is 0.225 e. The van der Waals surface area contributed by atoms with E-state index in [2.05, 4.69) is 24.5 Å². The predicted molar refractivity (Wildman–Crippen MR) is 88.5 cm³/mol. The van der Waals surface area contributed by atoms with Crippen LogP contribution >= 0.6 is 0 Å². The number of hydrogen-bond acceptors (Lipinski definition) is 6. The topological polar surface area (TPSA) is 69.0 Å². The van der Waals surface area contributed by atoms with Crippen LogP contribution in [0.3, 0.4) is 0 Å². The molecule has 4 heterocycles. The normalized spacial score (nSPS) is 14.0. The summed E-state index contributed by atoms with van der Waals surface area (Å²) in [4.78, 5) is 18.8. The number of aromatic nitrogens is 5. The molecule has 3 aromatic rings. The van der Waals surface area contributed by atoms with Crippen LogP contribution in [0.5, 0.6) is 5.75 Å². The maximum absolute atomic E-state index is 13.1. The third-order valence-electron chi connectivity index (χ3n) is 4.10. The molecule has 7 nitrogen and oxygen atoms in total. The summed E-state index contributed by atoms with van der Waals surface area (Å²) in [6.07, 6.45) is 8.54. The van der Waals surface area contributed by atoms with Gasteiger partial charge in [-0.3, -0.25) is 4.98 Å². The molecule has 0 atom stereocenters. The molecule has 0 saturated heterocycles. The van der Waals surface area contributed by atoms with E-state index >= 15 is 0 Å². The van der Waals surface area contributed by atoms with Crippen LogP contribution < -0.4 is 9.64 Å². The van der Waals surface area contributed by atoms with Crippen molar-refractivity contribution >= 4 is 5.95 Å². The summed E-state index contributed by atoms with van der Waals surface area (Å²) in [5.74, 6) is 0.793. The third kappa shape index (κ3) is 3.42. The zero-order valence-corrected chi connectivity index (χ0v) is 13.5. The predicted octanol–water partition coefficient (Wildman–Crippen LogP) is 2.20. The summed E-state index contributed by atoms with van der Waals surface area (Å²) in [5, 5.41) is 0. The first kappa shape index (κ1) is 15.5. The molecule has 0 N–H and O–H groups in total. The quantitative estimate of drug-likeness (QED) is 0.725. The van der Waals surface area contributed by atoms with Gasteiger partial charge in [-0.2, -0.15) is 0 Å². The Balaban J connectivity index is 1.53. The van der Waals surface area contributed by atoms with Crippen molar-refractivity contribution in [3.8, 4) is 5.75 Å². The van der Waals surface area contributed by atoms with E-state index in [9.17, 15) is 4.39 Å². The number of rotatable bonds is 4. The standard InChI is InChI=1S/C17H17FN6O/c18-13-7-20-17(21-8-13)23-5-2-6-24-12-22-15(16(24)10-23)11-25-14-3-1-4-19-9-14/h1,3-4,7-9,12H,2,5-6,10-11H2. The highest BCUT2D eigenvalue weighted by Crippen LogP contribution is 2.21. The lowest BCUT2D eigenvalue weighted by atomic mass is 10.3. The molecule has 0 bridgehead atoms. The second-order valence-corrected chi connectivity index (χ2v) is 5.79. The zero-order chi connectivity index (χ0) is 17.1. The second-order valence-electron chi connectivity index (χ2n) is 5.79. The highest BCUT2D eigenvalue weighted by Gasteiger charge is 2.20. The fourth-order valence-corrected chi connectivity index (χ4v) is 2.86. The number of halogens is 1. The molecule has 4 rings (SSSR count). The second kappa shape index (κ2) is 6.84. The van der Waals surface area contributed by atoms with Crippen molar-refractivity contribution < 1.29 is 9.13 Å². The molecule has 0 saturated carbocycles. The summed E-state index contributed by atoms with van der Waals surface area (Å²) in [5.41, 5.74) is 1.94. The van der Waals surface area contributed by atoms with Crippen molar-refractivity contribution in [3.05, 3.63) is 60.5 Å². The van der Waals surface area contributed by atoms with Crippen molar-refractivity contribution in [2.45, 2.75) is 26.1 Å². The SMILES string of the molecule is Fc1cnc(N2CCCn3cnc(COc4cccnc4)c3C2)nc1. The number of nitrogens with zero attached hydrogens (tertiary/aromatic N) is 6. The van der Waals surface area contributed by atoms with Crippen molar-refractivity contribution in [2.75, 3.05) is 11.4 Å². The monoisotopic (exact) mass is 340 g/mol. The van der Waals surface area contributed by atoms with Gasteiger partial charge < -0.3 is 14.2 Å². The Kier molecular flexibility index (Phi) is 4.24. The van der Waals surface area contributed by atoms with E-state index in [1.54, 1.807) is 12.4 Å². The van der Waals surface area contributed by atoms with E-state index in [4.69, 9.17) is 4.74 Å². The van der Waals surface area contributed by atoms with Crippen LogP contribution in [0.15, 0.2) is 43.2 Å². The molecule has 25 heavy (non-hydrogen) atoms. The van der Waals surface area contributed by atoms with Gasteiger partial charge in [0.25, 0.3) is 0 Å². The maximum atomic E-state index is 13.1. The summed E-state index contributed by atoms with van der Waals surface area (Å²) >= 11 is 0. The van der Waals surface area contributed by atoms with Crippen LogP contribution in [0.2, 0.25) is 0 Å². The molecule has 0 aromatic carbocycles. The van der Waals surface area contributed by atoms with Crippen molar-refractivity contribution in [3.63, 3.8) is 0 Å². The molecular formula is C17H17FN6O. The molecular weight excluding hydrogens is 323 g/mol. The number of aryl methyl sites for hydroxylation is 1. The number of imidazole rings is 1. The molecule has 0 spiro atoms. The van der Waals surface area contributed by atoms with Crippen molar-refractivity contribution in [1.29, 1.82) is 0 Å². The minimum Gasteiger partial charge on any atom is -0.486 e. The molecule has 8 heteroatoms. The number of anilines is 1. The van der Waals surface area contributed by atoms with Gasteiger partial charge in [-0.1, -0.05) is 0 Å². The van der Waals surface area contributed by atoms with Crippen molar-refractivity contribution in [2.24, 2.45) is 0 Å². The van der Waals surface area contributed by atoms with Gasteiger partial charge >= 0.3 is 0 Å². The Morgan fingerprint density at radius 3 is 2.80 bits per heavy atom. The van der Waals surface area contributed by atoms with E-state index in [0.29, 0.717) is 24.8 Å². The van der Waals surface area contributed by atoms with E-state index < -0.39 is 5.82 Å². The van der Waals surface area contributed by atoms with Gasteiger partial charge in [0, 0.05) is 19.3 Å². The Labute approximate surface area is 144 Å². The number of hydrogen-bond donors (Lipinski definition) is 0. The molecule has 0 unspecified atom stereocenters. The van der Waals surface area contributed by atoms with E-state index in [1.807, 2.05) is 23.4 Å². The molecule has 1 aliphatic rings. The number of fused-ring (bicyclic) bond motifs is 1. The van der Waals surface area contributed by atoms with Gasteiger partial charge in [0.2, 0.25) is 5.95 Å². The summed E-state index contributed by atoms with van der Waals surface area (Å²) < 4.78 is 21.0. The minimum atomic E-state index is -0.436. The van der Waals surface area contributed by atoms with Crippen LogP contribution in [0.4, 0.5) is 10.3 Å². The third-order valence-corrected chi connectivity index (χ3v) is 4.10. The van der Waals surface area contributed by atoms with Crippen LogP contribution in [0.1, 0.15) is 17.8 Å². The molecule has 0 amide bonds. The lowest BCUT2D eigenvalue weighted by Gasteiger charge is -2.20. The fourth-order valence-electron chi connectivity index (χ4n) is 2.86. The highest BCUT2D eigenvalue weighted by molar-refractivity contribution is 5.32. The zero-order valence-electron chi connectivity index (χ0n) is 13.5. The summed E-state index contributed by atoms with van der Waals surface area (Å²) in [6, 6.07) is 3.69. The largest absolute Gasteiger partial charge is 0.486 e. The van der Waals surface area contributed by atoms with E-state index in [1.165, 1.54) is 12.4 Å². The van der Waals surface area contributed by atoms with Gasteiger partial charge in [0.1, 0.15) is 18.1 Å². The summed E-state index contributed by atoms with van der Waals surface area (Å²) in [6.45, 7) is 2.65. The van der Waals surface area contributed by atoms with Gasteiger partial charge in [0.05, 0.1) is 37.2 Å². The van der Waals surface area contributed by atoms with Gasteiger partial charge in [0.15, 0.2) is 5.82 Å². The van der Waals surface area contributed by atoms with Gasteiger partial charge in [-0.15, -0.1) is 0 Å². The summed E-state index contributed by atoms with van der Waals surface area (Å²) in [7, 11) is 0. The molecule has 0 fully saturated rings. The number of pyridine rings is 1. The van der Waals surface area contributed by atoms with Crippen LogP contribution in [0.25, 0.3) is 0 Å². The maximum Gasteiger partial charge on any atom is 0.225 e. The van der Waals surface area contributed by atoms with Crippen LogP contribution in [0, 0.1) is 5.82 Å². The molecule has 0 aliphatic carbocycles. The fraction of sp³-hybridized carbons (Fsp3) is 0.294. The van der Waals surface area contributed by atoms with Crippen molar-refractivity contribution in [1.82, 2.24) is 24.5 Å². The van der Waals surface area contributed by atoms with Gasteiger partial charge in [-0.05, 0) is 18.6 Å². The first-order valence-corrected chi connectivity index (χ1v) is 8.08. The molecule has 1 aliphatic heterocycles. The lowest BCUT2D eigenvalue weighted by Crippen LogP contribution is -2.25. The number of ether oxygens (including phenoxy) is 1. The Morgan fingerprint density at radius 1 is 1.12 bits per heavy atom. The molecule has 0 radical (unpaired) electrons. The lowest BCUT2D eigenvalue weighted by molar-refractivity contribution is 0.299. The minimum absolute atomic E-state index is 0.367. The first-order valence-electron chi connectivity index (χ1n) is 8.08. The first-order chi connectivity index (χ1) is 12.3. The molecule has 128 valence electrons. The Hall–Kier alpha value is -3.03. The van der Waals surface area contributed by atoms with E-state index in [-0.39, 0.29) is 0 Å². The van der Waals surface area contributed by atoms with Crippen LogP contribution in [-0.2, 0) is 19.7 Å². The molecule has 3 aromatic heterocycles. The average Bonchev–Trinajstić information content (AvgIpc) is 2.89.